The van der Waals surface area contributed by atoms with Gasteiger partial charge in [-0.3, -0.25) is 14.6 Å². The molecule has 26 heavy (non-hydrogen) atoms. The Morgan fingerprint density at radius 1 is 1.27 bits per heavy atom. The van der Waals surface area contributed by atoms with E-state index in [-0.39, 0.29) is 5.56 Å². The number of rotatable bonds is 4. The molecule has 2 aromatic heterocycles. The van der Waals surface area contributed by atoms with E-state index in [1.165, 1.54) is 31.8 Å². The number of anilines is 1. The zero-order valence-electron chi connectivity index (χ0n) is 14.0. The summed E-state index contributed by atoms with van der Waals surface area (Å²) in [5, 5.41) is 3.10. The van der Waals surface area contributed by atoms with Crippen molar-refractivity contribution in [1.29, 1.82) is 0 Å². The molecule has 0 fully saturated rings. The zero-order valence-corrected chi connectivity index (χ0v) is 16.4. The number of aromatic nitrogens is 1. The highest BCUT2D eigenvalue weighted by Crippen LogP contribution is 2.46. The van der Waals surface area contributed by atoms with E-state index in [4.69, 9.17) is 9.47 Å². The second-order valence-corrected chi connectivity index (χ2v) is 7.62. The minimum Gasteiger partial charge on any atom is -0.469 e. The van der Waals surface area contributed by atoms with Crippen molar-refractivity contribution in [1.82, 2.24) is 4.98 Å². The monoisotopic (exact) mass is 438 g/mol. The summed E-state index contributed by atoms with van der Waals surface area (Å²) in [7, 11) is 2.58. The number of hydrogen-bond donors (Lipinski definition) is 1. The lowest BCUT2D eigenvalue weighted by Crippen LogP contribution is -2.17. The van der Waals surface area contributed by atoms with E-state index in [0.29, 0.717) is 33.4 Å². The fourth-order valence-corrected chi connectivity index (χ4v) is 4.57. The van der Waals surface area contributed by atoms with Crippen LogP contribution in [0.1, 0.15) is 43.5 Å². The summed E-state index contributed by atoms with van der Waals surface area (Å²) in [4.78, 5) is 41.8. The highest BCUT2D eigenvalue weighted by molar-refractivity contribution is 9.10. The lowest BCUT2D eigenvalue weighted by atomic mass is 9.99. The van der Waals surface area contributed by atoms with Crippen molar-refractivity contribution >= 4 is 50.1 Å². The number of fused-ring (bicyclic) bond motifs is 1. The molecular weight excluding hydrogens is 424 g/mol. The molecule has 1 amide bonds. The van der Waals surface area contributed by atoms with Crippen molar-refractivity contribution in [3.63, 3.8) is 0 Å². The lowest BCUT2D eigenvalue weighted by molar-refractivity contribution is -0.142. The number of nitrogens with one attached hydrogen (secondary N) is 1. The molecule has 0 spiro atoms. The number of esters is 2. The molecule has 1 aliphatic rings. The molecule has 1 unspecified atom stereocenters. The van der Waals surface area contributed by atoms with Crippen LogP contribution in [0.2, 0.25) is 0 Å². The number of ether oxygens (including phenoxy) is 2. The maximum absolute atomic E-state index is 12.5. The smallest absolute Gasteiger partial charge is 0.341 e. The molecule has 2 aromatic rings. The summed E-state index contributed by atoms with van der Waals surface area (Å²) < 4.78 is 10.4. The SMILES string of the molecule is COC(=O)c1c(NC(=O)c2cncc(Br)c2)sc2c1C(C(=O)OC)CC2. The van der Waals surface area contributed by atoms with Crippen molar-refractivity contribution in [3.8, 4) is 0 Å². The third-order valence-electron chi connectivity index (χ3n) is 4.10. The lowest BCUT2D eigenvalue weighted by Gasteiger charge is -2.11. The van der Waals surface area contributed by atoms with E-state index in [9.17, 15) is 14.4 Å². The minimum atomic E-state index is -0.596. The Hall–Kier alpha value is -2.26. The predicted octanol–water partition coefficient (Wildman–Crippen LogP) is 3.15. The molecule has 2 heterocycles. The maximum Gasteiger partial charge on any atom is 0.341 e. The second kappa shape index (κ2) is 7.55. The predicted molar refractivity (Wildman–Crippen MR) is 98.6 cm³/mol. The number of carbonyl (C=O) groups is 3. The number of halogens is 1. The van der Waals surface area contributed by atoms with Gasteiger partial charge in [-0.1, -0.05) is 0 Å². The largest absolute Gasteiger partial charge is 0.469 e. The molecule has 0 aromatic carbocycles. The quantitative estimate of drug-likeness (QED) is 0.736. The van der Waals surface area contributed by atoms with E-state index in [1.54, 1.807) is 12.3 Å². The van der Waals surface area contributed by atoms with Crippen molar-refractivity contribution < 1.29 is 23.9 Å². The average molecular weight is 439 g/mol. The Bertz CT molecular complexity index is 895. The number of pyridine rings is 1. The molecule has 0 aliphatic heterocycles. The average Bonchev–Trinajstić information content (AvgIpc) is 3.19. The van der Waals surface area contributed by atoms with E-state index in [2.05, 4.69) is 26.2 Å². The molecule has 7 nitrogen and oxygen atoms in total. The second-order valence-electron chi connectivity index (χ2n) is 5.59. The van der Waals surface area contributed by atoms with Gasteiger partial charge in [-0.05, 0) is 40.4 Å². The van der Waals surface area contributed by atoms with Gasteiger partial charge < -0.3 is 14.8 Å². The molecule has 1 N–H and O–H groups in total. The number of thiophene rings is 1. The molecule has 9 heteroatoms. The van der Waals surface area contributed by atoms with E-state index < -0.39 is 23.8 Å². The number of aryl methyl sites for hydroxylation is 1. The first kappa shape index (κ1) is 18.5. The van der Waals surface area contributed by atoms with E-state index in [0.717, 1.165) is 4.88 Å². The Labute approximate surface area is 161 Å². The number of carbonyl (C=O) groups excluding carboxylic acids is 3. The van der Waals surface area contributed by atoms with Crippen molar-refractivity contribution in [2.75, 3.05) is 19.5 Å². The van der Waals surface area contributed by atoms with Gasteiger partial charge in [0.1, 0.15) is 5.00 Å². The zero-order chi connectivity index (χ0) is 18.8. The van der Waals surface area contributed by atoms with Crippen LogP contribution in [-0.2, 0) is 20.7 Å². The van der Waals surface area contributed by atoms with Crippen LogP contribution in [0.15, 0.2) is 22.9 Å². The van der Waals surface area contributed by atoms with Gasteiger partial charge in [0.25, 0.3) is 5.91 Å². The standard InChI is InChI=1S/C17H15BrN2O5S/c1-24-16(22)10-3-4-11-12(10)13(17(23)25-2)15(26-11)20-14(21)8-5-9(18)7-19-6-8/h5-7,10H,3-4H2,1-2H3,(H,20,21). The summed E-state index contributed by atoms with van der Waals surface area (Å²) >= 11 is 4.55. The Morgan fingerprint density at radius 2 is 2.04 bits per heavy atom. The van der Waals surface area contributed by atoms with Crippen LogP contribution in [0.5, 0.6) is 0 Å². The highest BCUT2D eigenvalue weighted by atomic mass is 79.9. The summed E-state index contributed by atoms with van der Waals surface area (Å²) in [6.07, 6.45) is 4.20. The molecule has 136 valence electrons. The van der Waals surface area contributed by atoms with Crippen LogP contribution in [0.3, 0.4) is 0 Å². The molecule has 1 aliphatic carbocycles. The third kappa shape index (κ3) is 3.36. The van der Waals surface area contributed by atoms with Crippen molar-refractivity contribution in [3.05, 3.63) is 44.5 Å². The van der Waals surface area contributed by atoms with Crippen molar-refractivity contribution in [2.24, 2.45) is 0 Å². The van der Waals surface area contributed by atoms with Crippen LogP contribution in [0.25, 0.3) is 0 Å². The summed E-state index contributed by atoms with van der Waals surface area (Å²) in [5.41, 5.74) is 1.15. The summed E-state index contributed by atoms with van der Waals surface area (Å²) in [5.74, 6) is -1.93. The van der Waals surface area contributed by atoms with Gasteiger partial charge in [0.15, 0.2) is 0 Å². The van der Waals surface area contributed by atoms with Gasteiger partial charge in [-0.25, -0.2) is 4.79 Å². The summed E-state index contributed by atoms with van der Waals surface area (Å²) in [6.45, 7) is 0. The molecule has 3 rings (SSSR count). The first-order valence-corrected chi connectivity index (χ1v) is 9.30. The minimum absolute atomic E-state index is 0.219. The first-order chi connectivity index (χ1) is 12.5. The number of amides is 1. The van der Waals surface area contributed by atoms with Crippen LogP contribution >= 0.6 is 27.3 Å². The van der Waals surface area contributed by atoms with Crippen LogP contribution < -0.4 is 5.32 Å². The van der Waals surface area contributed by atoms with Crippen molar-refractivity contribution in [2.45, 2.75) is 18.8 Å². The molecule has 0 saturated carbocycles. The summed E-state index contributed by atoms with van der Waals surface area (Å²) in [6, 6.07) is 1.62. The van der Waals surface area contributed by atoms with Gasteiger partial charge in [0, 0.05) is 21.7 Å². The highest BCUT2D eigenvalue weighted by Gasteiger charge is 2.38. The molecule has 0 saturated heterocycles. The first-order valence-electron chi connectivity index (χ1n) is 7.69. The van der Waals surface area contributed by atoms with E-state index in [1.807, 2.05) is 0 Å². The number of methoxy groups -OCH3 is 2. The van der Waals surface area contributed by atoms with Gasteiger partial charge in [0.05, 0.1) is 31.3 Å². The number of hydrogen-bond acceptors (Lipinski definition) is 7. The fourth-order valence-electron chi connectivity index (χ4n) is 2.95. The number of nitrogens with zero attached hydrogens (tertiary/aromatic N) is 1. The Morgan fingerprint density at radius 3 is 2.69 bits per heavy atom. The fraction of sp³-hybridized carbons (Fsp3) is 0.294. The Balaban J connectivity index is 1.99. The van der Waals surface area contributed by atoms with Gasteiger partial charge in [-0.2, -0.15) is 0 Å². The molecular formula is C17H15BrN2O5S. The van der Waals surface area contributed by atoms with E-state index >= 15 is 0 Å². The van der Waals surface area contributed by atoms with Crippen LogP contribution in [-0.4, -0.2) is 37.0 Å². The van der Waals surface area contributed by atoms with Crippen LogP contribution in [0, 0.1) is 0 Å². The Kier molecular flexibility index (Phi) is 5.38. The molecule has 0 radical (unpaired) electrons. The topological polar surface area (TPSA) is 94.6 Å². The maximum atomic E-state index is 12.5. The van der Waals surface area contributed by atoms with Crippen LogP contribution in [0.4, 0.5) is 5.00 Å². The normalized spacial score (nSPS) is 15.3. The van der Waals surface area contributed by atoms with Gasteiger partial charge in [-0.15, -0.1) is 11.3 Å². The third-order valence-corrected chi connectivity index (χ3v) is 5.71. The molecule has 1 atom stereocenters. The van der Waals surface area contributed by atoms with Gasteiger partial charge >= 0.3 is 11.9 Å². The molecule has 0 bridgehead atoms. The van der Waals surface area contributed by atoms with Gasteiger partial charge in [0.2, 0.25) is 0 Å².